The standard InChI is InChI=1S/C35H41N5O6/c1-3-17-40(18-4-2)35(46)27-21-25(32(37)43)20-26(22-27)34(45)39-29(19-23-11-7-5-8-12-23)31(42)30(41)28(15-16-36)38-33(44)24-13-9-6-10-14-24/h5-14,20-22,28-31,41-42H,3-4,15,17-19H2,1-2H3,(H2,37,43)(H,38,44)(H,39,45)/t28-,29+,30-,31-/m1/s1. The summed E-state index contributed by atoms with van der Waals surface area (Å²) in [6, 6.07) is 20.8. The Morgan fingerprint density at radius 3 is 1.83 bits per heavy atom. The minimum Gasteiger partial charge on any atom is -0.388 e. The summed E-state index contributed by atoms with van der Waals surface area (Å²) in [7, 11) is 0. The van der Waals surface area contributed by atoms with Crippen LogP contribution >= 0.6 is 0 Å². The van der Waals surface area contributed by atoms with Gasteiger partial charge in [0.1, 0.15) is 12.2 Å². The first-order valence-electron chi connectivity index (χ1n) is 15.3. The molecular weight excluding hydrogens is 586 g/mol. The van der Waals surface area contributed by atoms with Crippen LogP contribution in [0.15, 0.2) is 78.9 Å². The topological polar surface area (TPSA) is 186 Å². The third-order valence-electron chi connectivity index (χ3n) is 7.45. The van der Waals surface area contributed by atoms with Crippen LogP contribution in [-0.2, 0) is 6.42 Å². The van der Waals surface area contributed by atoms with Crippen LogP contribution in [0.5, 0.6) is 0 Å². The Labute approximate surface area is 269 Å². The molecule has 46 heavy (non-hydrogen) atoms. The van der Waals surface area contributed by atoms with Crippen LogP contribution in [0.2, 0.25) is 0 Å². The number of aliphatic hydroxyl groups excluding tert-OH is 2. The number of amides is 4. The Bertz CT molecular complexity index is 1520. The maximum atomic E-state index is 13.7. The van der Waals surface area contributed by atoms with Gasteiger partial charge in [0.05, 0.1) is 24.6 Å². The fourth-order valence-electron chi connectivity index (χ4n) is 5.11. The zero-order valence-corrected chi connectivity index (χ0v) is 26.1. The van der Waals surface area contributed by atoms with Crippen LogP contribution in [-0.4, -0.2) is 76.1 Å². The highest BCUT2D eigenvalue weighted by atomic mass is 16.3. The molecule has 0 fully saturated rings. The molecule has 11 heteroatoms. The molecule has 0 spiro atoms. The third kappa shape index (κ3) is 9.72. The molecule has 3 rings (SSSR count). The number of hydrogen-bond acceptors (Lipinski definition) is 7. The first-order chi connectivity index (χ1) is 22.1. The summed E-state index contributed by atoms with van der Waals surface area (Å²) in [4.78, 5) is 53.7. The Kier molecular flexibility index (Phi) is 13.4. The number of nitrogens with two attached hydrogens (primary N) is 1. The molecule has 0 aliphatic heterocycles. The number of benzene rings is 3. The van der Waals surface area contributed by atoms with Crippen molar-refractivity contribution in [1.29, 1.82) is 5.26 Å². The monoisotopic (exact) mass is 627 g/mol. The van der Waals surface area contributed by atoms with Gasteiger partial charge in [0, 0.05) is 35.3 Å². The summed E-state index contributed by atoms with van der Waals surface area (Å²) < 4.78 is 0. The van der Waals surface area contributed by atoms with Gasteiger partial charge in [0.15, 0.2) is 0 Å². The number of primary amides is 1. The maximum absolute atomic E-state index is 13.7. The van der Waals surface area contributed by atoms with Crippen molar-refractivity contribution in [2.45, 2.75) is 63.8 Å². The highest BCUT2D eigenvalue weighted by Crippen LogP contribution is 2.17. The summed E-state index contributed by atoms with van der Waals surface area (Å²) in [5.41, 5.74) is 6.61. The van der Waals surface area contributed by atoms with E-state index >= 15 is 0 Å². The van der Waals surface area contributed by atoms with Crippen molar-refractivity contribution in [3.05, 3.63) is 107 Å². The quantitative estimate of drug-likeness (QED) is 0.162. The third-order valence-corrected chi connectivity index (χ3v) is 7.45. The van der Waals surface area contributed by atoms with Gasteiger partial charge in [-0.05, 0) is 55.2 Å². The second kappa shape index (κ2) is 17.4. The fourth-order valence-corrected chi connectivity index (χ4v) is 5.11. The van der Waals surface area contributed by atoms with Gasteiger partial charge >= 0.3 is 0 Å². The van der Waals surface area contributed by atoms with Crippen LogP contribution in [0.3, 0.4) is 0 Å². The van der Waals surface area contributed by atoms with Crippen molar-refractivity contribution in [2.75, 3.05) is 13.1 Å². The van der Waals surface area contributed by atoms with E-state index in [0.717, 1.165) is 5.56 Å². The lowest BCUT2D eigenvalue weighted by atomic mass is 9.92. The van der Waals surface area contributed by atoms with Gasteiger partial charge < -0.3 is 31.5 Å². The van der Waals surface area contributed by atoms with E-state index in [-0.39, 0.29) is 35.4 Å². The van der Waals surface area contributed by atoms with Gasteiger partial charge in [-0.15, -0.1) is 0 Å². The lowest BCUT2D eigenvalue weighted by Gasteiger charge is -2.32. The number of nitriles is 1. The summed E-state index contributed by atoms with van der Waals surface area (Å²) in [5, 5.41) is 37.5. The lowest BCUT2D eigenvalue weighted by molar-refractivity contribution is -0.0212. The van der Waals surface area contributed by atoms with Crippen molar-refractivity contribution in [3.63, 3.8) is 0 Å². The molecule has 0 bridgehead atoms. The SMILES string of the molecule is CCCN(CCC)C(=O)c1cc(C(N)=O)cc(C(=O)N[C@@H](Cc2ccccc2)[C@@H](O)[C@H](O)[C@@H](CC#N)NC(=O)c2ccccc2)c1. The molecule has 4 amide bonds. The van der Waals surface area contributed by atoms with Crippen LogP contribution in [0.25, 0.3) is 0 Å². The van der Waals surface area contributed by atoms with Gasteiger partial charge in [-0.3, -0.25) is 19.2 Å². The molecule has 6 N–H and O–H groups in total. The summed E-state index contributed by atoms with van der Waals surface area (Å²) >= 11 is 0. The molecule has 0 saturated carbocycles. The van der Waals surface area contributed by atoms with Gasteiger partial charge in [-0.2, -0.15) is 5.26 Å². The lowest BCUT2D eigenvalue weighted by Crippen LogP contribution is -2.56. The average Bonchev–Trinajstić information content (AvgIpc) is 3.07. The van der Waals surface area contributed by atoms with E-state index in [1.807, 2.05) is 19.9 Å². The summed E-state index contributed by atoms with van der Waals surface area (Å²) in [5.74, 6) is -2.46. The van der Waals surface area contributed by atoms with E-state index in [0.29, 0.717) is 31.5 Å². The van der Waals surface area contributed by atoms with Gasteiger partial charge in [0.2, 0.25) is 5.91 Å². The fraction of sp³-hybridized carbons (Fsp3) is 0.343. The second-order valence-electron chi connectivity index (χ2n) is 11.0. The molecule has 0 saturated heterocycles. The second-order valence-corrected chi connectivity index (χ2v) is 11.0. The van der Waals surface area contributed by atoms with Crippen LogP contribution < -0.4 is 16.4 Å². The van der Waals surface area contributed by atoms with E-state index in [2.05, 4.69) is 10.6 Å². The van der Waals surface area contributed by atoms with Crippen molar-refractivity contribution < 1.29 is 29.4 Å². The summed E-state index contributed by atoms with van der Waals surface area (Å²) in [6.07, 6.45) is -2.13. The largest absolute Gasteiger partial charge is 0.388 e. The van der Waals surface area contributed by atoms with E-state index < -0.39 is 42.0 Å². The van der Waals surface area contributed by atoms with Crippen molar-refractivity contribution in [3.8, 4) is 6.07 Å². The summed E-state index contributed by atoms with van der Waals surface area (Å²) in [6.45, 7) is 4.86. The van der Waals surface area contributed by atoms with Crippen LogP contribution in [0.1, 0.15) is 80.1 Å². The Balaban J connectivity index is 1.94. The van der Waals surface area contributed by atoms with E-state index in [1.165, 1.54) is 18.2 Å². The predicted octanol–water partition coefficient (Wildman–Crippen LogP) is 2.82. The number of aliphatic hydroxyl groups is 2. The van der Waals surface area contributed by atoms with Gasteiger partial charge in [-0.1, -0.05) is 62.4 Å². The zero-order chi connectivity index (χ0) is 33.6. The number of nitrogens with one attached hydrogen (secondary N) is 2. The molecule has 0 radical (unpaired) electrons. The normalized spacial score (nSPS) is 13.4. The zero-order valence-electron chi connectivity index (χ0n) is 26.1. The molecule has 11 nitrogen and oxygen atoms in total. The van der Waals surface area contributed by atoms with Crippen LogP contribution in [0, 0.1) is 11.3 Å². The van der Waals surface area contributed by atoms with Crippen LogP contribution in [0.4, 0.5) is 0 Å². The van der Waals surface area contributed by atoms with E-state index in [4.69, 9.17) is 5.73 Å². The first kappa shape index (κ1) is 35.4. The molecule has 0 heterocycles. The van der Waals surface area contributed by atoms with E-state index in [9.17, 15) is 34.7 Å². The smallest absolute Gasteiger partial charge is 0.253 e. The van der Waals surface area contributed by atoms with E-state index in [1.54, 1.807) is 65.6 Å². The minimum absolute atomic E-state index is 0.0400. The number of rotatable bonds is 16. The molecule has 3 aromatic carbocycles. The molecular formula is C35H41N5O6. The molecule has 0 aliphatic carbocycles. The van der Waals surface area contributed by atoms with Crippen molar-refractivity contribution >= 4 is 23.6 Å². The molecule has 4 atom stereocenters. The molecule has 0 aliphatic rings. The van der Waals surface area contributed by atoms with Gasteiger partial charge in [0.25, 0.3) is 17.7 Å². The Morgan fingerprint density at radius 1 is 0.761 bits per heavy atom. The minimum atomic E-state index is -1.66. The molecule has 3 aromatic rings. The molecule has 0 unspecified atom stereocenters. The Hall–Kier alpha value is -5.05. The number of hydrogen-bond donors (Lipinski definition) is 5. The molecule has 0 aromatic heterocycles. The first-order valence-corrected chi connectivity index (χ1v) is 15.3. The average molecular weight is 628 g/mol. The number of carbonyl (C=O) groups excluding carboxylic acids is 4. The highest BCUT2D eigenvalue weighted by Gasteiger charge is 2.35. The van der Waals surface area contributed by atoms with Crippen molar-refractivity contribution in [2.24, 2.45) is 5.73 Å². The maximum Gasteiger partial charge on any atom is 0.253 e. The predicted molar refractivity (Wildman–Crippen MR) is 173 cm³/mol. The van der Waals surface area contributed by atoms with Gasteiger partial charge in [-0.25, -0.2) is 0 Å². The number of nitrogens with zero attached hydrogens (tertiary/aromatic N) is 2. The number of carbonyl (C=O) groups is 4. The Morgan fingerprint density at radius 2 is 1.26 bits per heavy atom. The molecule has 242 valence electrons. The van der Waals surface area contributed by atoms with Crippen molar-refractivity contribution in [1.82, 2.24) is 15.5 Å². The highest BCUT2D eigenvalue weighted by molar-refractivity contribution is 6.04.